The molecule has 0 amide bonds. The Morgan fingerprint density at radius 1 is 0.966 bits per heavy atom. The van der Waals surface area contributed by atoms with Gasteiger partial charge in [-0.15, -0.1) is 0 Å². The van der Waals surface area contributed by atoms with Crippen LogP contribution in [0.15, 0.2) is 77.7 Å². The number of nitrogens with two attached hydrogens (primary N) is 1. The predicted octanol–water partition coefficient (Wildman–Crippen LogP) is 4.42. The van der Waals surface area contributed by atoms with Gasteiger partial charge in [0.1, 0.15) is 5.84 Å². The summed E-state index contributed by atoms with van der Waals surface area (Å²) in [5.74, 6) is 0.0682. The highest BCUT2D eigenvalue weighted by Gasteiger charge is 2.15. The van der Waals surface area contributed by atoms with E-state index in [0.717, 1.165) is 47.1 Å². The summed E-state index contributed by atoms with van der Waals surface area (Å²) >= 11 is 0. The van der Waals surface area contributed by atoms with E-state index in [1.807, 2.05) is 66.7 Å². The minimum absolute atomic E-state index is 0.0682. The topological polar surface area (TPSA) is 84.0 Å². The van der Waals surface area contributed by atoms with Crippen molar-refractivity contribution in [1.82, 2.24) is 0 Å². The average Bonchev–Trinajstić information content (AvgIpc) is 2.71. The van der Waals surface area contributed by atoms with E-state index < -0.39 is 9.84 Å². The highest BCUT2D eigenvalue weighted by atomic mass is 32.2. The van der Waals surface area contributed by atoms with Crippen LogP contribution in [-0.2, 0) is 22.7 Å². The largest absolute Gasteiger partial charge is 0.384 e. The van der Waals surface area contributed by atoms with Crippen molar-refractivity contribution < 1.29 is 8.42 Å². The fourth-order valence-electron chi connectivity index (χ4n) is 3.29. The van der Waals surface area contributed by atoms with Crippen molar-refractivity contribution in [2.45, 2.75) is 24.2 Å². The number of nitrogens with one attached hydrogen (secondary N) is 1. The van der Waals surface area contributed by atoms with Crippen molar-refractivity contribution in [3.05, 3.63) is 95.9 Å². The number of unbranched alkanes of at least 4 members (excludes halogenated alkanes) is 1. The minimum atomic E-state index is -3.33. The van der Waals surface area contributed by atoms with Crippen LogP contribution in [0.3, 0.4) is 0 Å². The van der Waals surface area contributed by atoms with Gasteiger partial charge >= 0.3 is 0 Å². The summed E-state index contributed by atoms with van der Waals surface area (Å²) in [5, 5.41) is 7.53. The summed E-state index contributed by atoms with van der Waals surface area (Å²) in [7, 11) is -3.33. The van der Waals surface area contributed by atoms with E-state index in [4.69, 9.17) is 11.1 Å². The van der Waals surface area contributed by atoms with Gasteiger partial charge in [0.25, 0.3) is 0 Å². The van der Waals surface area contributed by atoms with E-state index in [0.29, 0.717) is 4.90 Å². The van der Waals surface area contributed by atoms with Crippen LogP contribution >= 0.6 is 0 Å². The molecule has 0 spiro atoms. The molecule has 3 aromatic rings. The normalized spacial score (nSPS) is 11.3. The third-order valence-corrected chi connectivity index (χ3v) is 5.92. The second-order valence-electron chi connectivity index (χ2n) is 7.11. The number of rotatable bonds is 8. The summed E-state index contributed by atoms with van der Waals surface area (Å²) in [5.41, 5.74) is 10.0. The van der Waals surface area contributed by atoms with Gasteiger partial charge in [0.2, 0.25) is 0 Å². The first kappa shape index (κ1) is 20.8. The van der Waals surface area contributed by atoms with Gasteiger partial charge in [-0.25, -0.2) is 8.42 Å². The molecule has 3 N–H and O–H groups in total. The zero-order chi connectivity index (χ0) is 20.9. The molecule has 1 radical (unpaired) electrons. The third-order valence-electron chi connectivity index (χ3n) is 4.79. The molecule has 0 aromatic heterocycles. The molecule has 3 rings (SSSR count). The van der Waals surface area contributed by atoms with E-state index in [9.17, 15) is 8.42 Å². The lowest BCUT2D eigenvalue weighted by Crippen LogP contribution is -2.11. The molecule has 0 aliphatic rings. The zero-order valence-corrected chi connectivity index (χ0v) is 17.2. The van der Waals surface area contributed by atoms with Crippen LogP contribution in [0.1, 0.15) is 23.1 Å². The first-order chi connectivity index (χ1) is 13.8. The number of nitrogen functional groups attached to an aromatic ring is 1. The molecule has 3 aromatic carbocycles. The molecule has 0 bridgehead atoms. The van der Waals surface area contributed by atoms with Gasteiger partial charge in [-0.3, -0.25) is 5.41 Å². The Bertz CT molecular complexity index is 1110. The molecule has 5 heteroatoms. The fourth-order valence-corrected chi connectivity index (χ4v) is 4.24. The van der Waals surface area contributed by atoms with Crippen molar-refractivity contribution in [2.75, 3.05) is 6.26 Å². The summed E-state index contributed by atoms with van der Waals surface area (Å²) in [6, 6.07) is 22.9. The van der Waals surface area contributed by atoms with E-state index >= 15 is 0 Å². The predicted molar refractivity (Wildman–Crippen MR) is 119 cm³/mol. The average molecular weight is 406 g/mol. The Balaban J connectivity index is 1.69. The zero-order valence-electron chi connectivity index (χ0n) is 16.4. The number of amidine groups is 1. The third kappa shape index (κ3) is 5.55. The summed E-state index contributed by atoms with van der Waals surface area (Å²) in [4.78, 5) is 0.371. The fraction of sp³-hybridized carbons (Fsp3) is 0.167. The second-order valence-corrected chi connectivity index (χ2v) is 9.10. The maximum atomic E-state index is 12.3. The highest BCUT2D eigenvalue weighted by molar-refractivity contribution is 7.90. The van der Waals surface area contributed by atoms with Crippen molar-refractivity contribution in [1.29, 1.82) is 5.41 Å². The van der Waals surface area contributed by atoms with Gasteiger partial charge in [0.15, 0.2) is 9.84 Å². The van der Waals surface area contributed by atoms with E-state index in [1.54, 1.807) is 6.07 Å². The van der Waals surface area contributed by atoms with Crippen molar-refractivity contribution in [3.63, 3.8) is 0 Å². The highest BCUT2D eigenvalue weighted by Crippen LogP contribution is 2.28. The van der Waals surface area contributed by atoms with Gasteiger partial charge in [-0.1, -0.05) is 60.7 Å². The van der Waals surface area contributed by atoms with Crippen molar-refractivity contribution >= 4 is 15.7 Å². The molecule has 0 unspecified atom stereocenters. The Morgan fingerprint density at radius 2 is 1.72 bits per heavy atom. The van der Waals surface area contributed by atoms with E-state index in [2.05, 4.69) is 6.42 Å². The van der Waals surface area contributed by atoms with Gasteiger partial charge in [0.05, 0.1) is 4.90 Å². The number of sulfone groups is 1. The van der Waals surface area contributed by atoms with E-state index in [-0.39, 0.29) is 5.84 Å². The van der Waals surface area contributed by atoms with Gasteiger partial charge < -0.3 is 5.73 Å². The molecule has 0 aliphatic carbocycles. The molecule has 149 valence electrons. The molecule has 0 heterocycles. The molecular formula is C24H25N2O2S. The van der Waals surface area contributed by atoms with Gasteiger partial charge in [0, 0.05) is 17.4 Å². The lowest BCUT2D eigenvalue weighted by Gasteiger charge is -2.11. The van der Waals surface area contributed by atoms with Gasteiger partial charge in [-0.2, -0.15) is 0 Å². The summed E-state index contributed by atoms with van der Waals surface area (Å²) in [6.07, 6.45) is 5.81. The second kappa shape index (κ2) is 9.05. The number of benzene rings is 3. The molecule has 0 atom stereocenters. The Labute approximate surface area is 172 Å². The summed E-state index contributed by atoms with van der Waals surface area (Å²) in [6.45, 7) is 0. The molecule has 29 heavy (non-hydrogen) atoms. The molecule has 4 nitrogen and oxygen atoms in total. The van der Waals surface area contributed by atoms with Crippen molar-refractivity contribution in [2.24, 2.45) is 5.73 Å². The van der Waals surface area contributed by atoms with Crippen LogP contribution in [0, 0.1) is 11.8 Å². The number of hydrogen-bond acceptors (Lipinski definition) is 3. The number of hydrogen-bond donors (Lipinski definition) is 2. The van der Waals surface area contributed by atoms with Crippen LogP contribution in [0.5, 0.6) is 0 Å². The standard InChI is InChI=1S/C24H25N2O2S/c1-29(27,28)23-17-19(14-15-22(23)20-11-3-2-4-12-20)9-6-5-8-18-10-7-13-21(16-18)24(25)26/h2-5,7,10-17H,6,8-9H2,1H3,(H3,25,26). The lowest BCUT2D eigenvalue weighted by atomic mass is 9.99. The molecular weight excluding hydrogens is 380 g/mol. The van der Waals surface area contributed by atoms with Crippen LogP contribution in [0.25, 0.3) is 11.1 Å². The van der Waals surface area contributed by atoms with E-state index in [1.165, 1.54) is 6.26 Å². The molecule has 0 saturated heterocycles. The summed E-state index contributed by atoms with van der Waals surface area (Å²) < 4.78 is 24.7. The Kier molecular flexibility index (Phi) is 6.49. The smallest absolute Gasteiger partial charge is 0.176 e. The minimum Gasteiger partial charge on any atom is -0.384 e. The maximum absolute atomic E-state index is 12.3. The maximum Gasteiger partial charge on any atom is 0.176 e. The van der Waals surface area contributed by atoms with Crippen LogP contribution < -0.4 is 5.73 Å². The van der Waals surface area contributed by atoms with Crippen LogP contribution in [0.2, 0.25) is 0 Å². The van der Waals surface area contributed by atoms with Crippen LogP contribution in [0.4, 0.5) is 0 Å². The first-order valence-electron chi connectivity index (χ1n) is 9.48. The Hall–Kier alpha value is -2.92. The van der Waals surface area contributed by atoms with Crippen LogP contribution in [-0.4, -0.2) is 20.5 Å². The van der Waals surface area contributed by atoms with Gasteiger partial charge in [-0.05, 0) is 54.5 Å². The van der Waals surface area contributed by atoms with Crippen molar-refractivity contribution in [3.8, 4) is 11.1 Å². The Morgan fingerprint density at radius 3 is 2.41 bits per heavy atom. The number of aryl methyl sites for hydroxylation is 1. The lowest BCUT2D eigenvalue weighted by molar-refractivity contribution is 0.602. The molecule has 0 aliphatic heterocycles. The quantitative estimate of drug-likeness (QED) is 0.330. The molecule has 0 saturated carbocycles. The SMILES string of the molecule is CS(=O)(=O)c1cc(CC[CH]Cc2cccc(C(=N)N)c2)ccc1-c1ccccc1. The monoisotopic (exact) mass is 405 g/mol. The first-order valence-corrected chi connectivity index (χ1v) is 11.4. The molecule has 0 fully saturated rings.